The van der Waals surface area contributed by atoms with E-state index in [0.717, 1.165) is 27.3 Å². The first-order chi connectivity index (χ1) is 9.19. The Kier molecular flexibility index (Phi) is 4.76. The number of hydrogen-bond acceptors (Lipinski definition) is 4. The van der Waals surface area contributed by atoms with Crippen molar-refractivity contribution in [3.05, 3.63) is 46.6 Å². The summed E-state index contributed by atoms with van der Waals surface area (Å²) in [7, 11) is 0. The van der Waals surface area contributed by atoms with Crippen LogP contribution in [-0.4, -0.2) is 18.1 Å². The second-order valence-corrected chi connectivity index (χ2v) is 4.99. The highest BCUT2D eigenvalue weighted by Crippen LogP contribution is 2.26. The number of nitrogens with one attached hydrogen (secondary N) is 1. The average Bonchev–Trinajstić information content (AvgIpc) is 2.40. The summed E-state index contributed by atoms with van der Waals surface area (Å²) < 4.78 is 6.42. The van der Waals surface area contributed by atoms with Gasteiger partial charge in [-0.1, -0.05) is 6.07 Å². The van der Waals surface area contributed by atoms with Crippen LogP contribution in [0.1, 0.15) is 5.56 Å². The molecular formula is C14H16BrN3O. The zero-order valence-corrected chi connectivity index (χ0v) is 12.3. The number of hydrogen-bond donors (Lipinski definition) is 2. The zero-order valence-electron chi connectivity index (χ0n) is 10.7. The first-order valence-electron chi connectivity index (χ1n) is 6.01. The van der Waals surface area contributed by atoms with Crippen molar-refractivity contribution in [3.8, 4) is 5.75 Å². The molecule has 100 valence electrons. The van der Waals surface area contributed by atoms with Gasteiger partial charge in [0.05, 0.1) is 4.47 Å². The molecule has 0 amide bonds. The minimum atomic E-state index is 0.503. The van der Waals surface area contributed by atoms with Crippen LogP contribution in [0.15, 0.2) is 41.0 Å². The summed E-state index contributed by atoms with van der Waals surface area (Å²) in [5.41, 5.74) is 7.45. The molecule has 5 heteroatoms. The van der Waals surface area contributed by atoms with Gasteiger partial charge in [0.25, 0.3) is 0 Å². The molecule has 1 aromatic carbocycles. The van der Waals surface area contributed by atoms with Crippen molar-refractivity contribution in [2.45, 2.75) is 6.92 Å². The fourth-order valence-corrected chi connectivity index (χ4v) is 2.17. The van der Waals surface area contributed by atoms with Crippen molar-refractivity contribution < 1.29 is 4.74 Å². The van der Waals surface area contributed by atoms with Crippen molar-refractivity contribution in [3.63, 3.8) is 0 Å². The van der Waals surface area contributed by atoms with Crippen LogP contribution in [0.4, 0.5) is 11.5 Å². The first-order valence-corrected chi connectivity index (χ1v) is 6.80. The highest BCUT2D eigenvalue weighted by molar-refractivity contribution is 9.10. The first kappa shape index (κ1) is 13.8. The summed E-state index contributed by atoms with van der Waals surface area (Å²) in [6.07, 6.45) is 1.82. The lowest BCUT2D eigenvalue weighted by atomic mass is 10.3. The maximum Gasteiger partial charge on any atom is 0.144 e. The Bertz CT molecular complexity index is 560. The SMILES string of the molecule is Cc1cnc(Nc2cccc(OCCN)c2)c(Br)c1. The topological polar surface area (TPSA) is 60.2 Å². The number of rotatable bonds is 5. The van der Waals surface area contributed by atoms with Gasteiger partial charge < -0.3 is 15.8 Å². The summed E-state index contributed by atoms with van der Waals surface area (Å²) in [4.78, 5) is 4.35. The van der Waals surface area contributed by atoms with Crippen molar-refractivity contribution in [2.24, 2.45) is 5.73 Å². The maximum atomic E-state index is 5.49. The van der Waals surface area contributed by atoms with E-state index in [1.807, 2.05) is 43.5 Å². The minimum absolute atomic E-state index is 0.503. The number of aromatic nitrogens is 1. The molecule has 0 aliphatic rings. The van der Waals surface area contributed by atoms with Crippen molar-refractivity contribution >= 4 is 27.4 Å². The molecular weight excluding hydrogens is 306 g/mol. The standard InChI is InChI=1S/C14H16BrN3O/c1-10-7-13(15)14(17-9-10)18-11-3-2-4-12(8-11)19-6-5-16/h2-4,7-9H,5-6,16H2,1H3,(H,17,18). The molecule has 0 bridgehead atoms. The zero-order chi connectivity index (χ0) is 13.7. The van der Waals surface area contributed by atoms with Gasteiger partial charge in [-0.05, 0) is 46.6 Å². The fourth-order valence-electron chi connectivity index (χ4n) is 1.60. The smallest absolute Gasteiger partial charge is 0.144 e. The molecule has 0 aliphatic carbocycles. The van der Waals surface area contributed by atoms with Gasteiger partial charge in [0, 0.05) is 24.5 Å². The van der Waals surface area contributed by atoms with Crippen LogP contribution in [0.2, 0.25) is 0 Å². The van der Waals surface area contributed by atoms with Crippen molar-refractivity contribution in [2.75, 3.05) is 18.5 Å². The lowest BCUT2D eigenvalue weighted by Gasteiger charge is -2.10. The van der Waals surface area contributed by atoms with Crippen LogP contribution in [0.5, 0.6) is 5.75 Å². The molecule has 0 aliphatic heterocycles. The minimum Gasteiger partial charge on any atom is -0.492 e. The van der Waals surface area contributed by atoms with E-state index in [-0.39, 0.29) is 0 Å². The van der Waals surface area contributed by atoms with Crippen molar-refractivity contribution in [1.82, 2.24) is 4.98 Å². The third-order valence-corrected chi connectivity index (χ3v) is 3.07. The van der Waals surface area contributed by atoms with E-state index in [9.17, 15) is 0 Å². The van der Waals surface area contributed by atoms with Crippen LogP contribution in [0, 0.1) is 6.92 Å². The molecule has 4 nitrogen and oxygen atoms in total. The second kappa shape index (κ2) is 6.54. The molecule has 0 saturated heterocycles. The highest BCUT2D eigenvalue weighted by Gasteiger charge is 2.03. The number of aryl methyl sites for hydroxylation is 1. The van der Waals surface area contributed by atoms with Crippen LogP contribution in [0.3, 0.4) is 0 Å². The highest BCUT2D eigenvalue weighted by atomic mass is 79.9. The Balaban J connectivity index is 2.14. The number of pyridine rings is 1. The number of nitrogens with zero attached hydrogens (tertiary/aromatic N) is 1. The Morgan fingerprint density at radius 1 is 1.37 bits per heavy atom. The Morgan fingerprint density at radius 3 is 2.95 bits per heavy atom. The molecule has 0 atom stereocenters. The fraction of sp³-hybridized carbons (Fsp3) is 0.214. The normalized spacial score (nSPS) is 10.3. The van der Waals surface area contributed by atoms with Gasteiger partial charge in [0.15, 0.2) is 0 Å². The maximum absolute atomic E-state index is 5.49. The average molecular weight is 322 g/mol. The lowest BCUT2D eigenvalue weighted by Crippen LogP contribution is -2.10. The molecule has 0 fully saturated rings. The molecule has 0 spiro atoms. The van der Waals surface area contributed by atoms with Crippen LogP contribution in [-0.2, 0) is 0 Å². The van der Waals surface area contributed by atoms with Crippen LogP contribution in [0.25, 0.3) is 0 Å². The molecule has 0 unspecified atom stereocenters. The van der Waals surface area contributed by atoms with Gasteiger partial charge in [-0.15, -0.1) is 0 Å². The Morgan fingerprint density at radius 2 is 2.21 bits per heavy atom. The third kappa shape index (κ3) is 3.94. The second-order valence-electron chi connectivity index (χ2n) is 4.13. The summed E-state index contributed by atoms with van der Waals surface area (Å²) in [5.74, 6) is 1.57. The van der Waals surface area contributed by atoms with Gasteiger partial charge in [-0.25, -0.2) is 4.98 Å². The monoisotopic (exact) mass is 321 g/mol. The molecule has 0 radical (unpaired) electrons. The Hall–Kier alpha value is -1.59. The molecule has 19 heavy (non-hydrogen) atoms. The summed E-state index contributed by atoms with van der Waals surface area (Å²) >= 11 is 3.49. The lowest BCUT2D eigenvalue weighted by molar-refractivity contribution is 0.328. The van der Waals surface area contributed by atoms with Gasteiger partial charge in [-0.2, -0.15) is 0 Å². The third-order valence-electron chi connectivity index (χ3n) is 2.46. The van der Waals surface area contributed by atoms with Crippen LogP contribution < -0.4 is 15.8 Å². The van der Waals surface area contributed by atoms with E-state index in [0.29, 0.717) is 13.2 Å². The van der Waals surface area contributed by atoms with Crippen molar-refractivity contribution in [1.29, 1.82) is 0 Å². The number of nitrogens with two attached hydrogens (primary N) is 1. The molecule has 3 N–H and O–H groups in total. The predicted molar refractivity (Wildman–Crippen MR) is 80.9 cm³/mol. The molecule has 2 rings (SSSR count). The molecule has 1 heterocycles. The molecule has 1 aromatic heterocycles. The number of halogens is 1. The number of ether oxygens (including phenoxy) is 1. The van der Waals surface area contributed by atoms with Gasteiger partial charge in [0.1, 0.15) is 18.2 Å². The number of anilines is 2. The predicted octanol–water partition coefficient (Wildman–Crippen LogP) is 3.23. The molecule has 2 aromatic rings. The van der Waals surface area contributed by atoms with Crippen LogP contribution >= 0.6 is 15.9 Å². The number of benzene rings is 1. The quantitative estimate of drug-likeness (QED) is 0.887. The van der Waals surface area contributed by atoms with E-state index in [2.05, 4.69) is 26.2 Å². The summed E-state index contributed by atoms with van der Waals surface area (Å²) in [6, 6.07) is 9.73. The summed E-state index contributed by atoms with van der Waals surface area (Å²) in [6.45, 7) is 3.02. The summed E-state index contributed by atoms with van der Waals surface area (Å²) in [5, 5.41) is 3.25. The Labute approximate surface area is 121 Å². The van der Waals surface area contributed by atoms with E-state index in [1.54, 1.807) is 0 Å². The van der Waals surface area contributed by atoms with Gasteiger partial charge in [0.2, 0.25) is 0 Å². The van der Waals surface area contributed by atoms with E-state index in [1.165, 1.54) is 0 Å². The largest absolute Gasteiger partial charge is 0.492 e. The van der Waals surface area contributed by atoms with Gasteiger partial charge in [-0.3, -0.25) is 0 Å². The van der Waals surface area contributed by atoms with E-state index < -0.39 is 0 Å². The van der Waals surface area contributed by atoms with Gasteiger partial charge >= 0.3 is 0 Å². The van der Waals surface area contributed by atoms with E-state index in [4.69, 9.17) is 10.5 Å². The molecule has 0 saturated carbocycles. The van der Waals surface area contributed by atoms with E-state index >= 15 is 0 Å².